The maximum atomic E-state index is 10.9. The molecule has 1 heterocycles. The predicted molar refractivity (Wildman–Crippen MR) is 69.1 cm³/mol. The lowest BCUT2D eigenvalue weighted by atomic mass is 9.89. The molecule has 2 rings (SSSR count). The van der Waals surface area contributed by atoms with E-state index in [0.717, 1.165) is 5.56 Å². The van der Waals surface area contributed by atoms with Crippen LogP contribution in [0.5, 0.6) is 0 Å². The number of rotatable bonds is 2. The maximum Gasteiger partial charge on any atom is 0.335 e. The Morgan fingerprint density at radius 2 is 2.17 bits per heavy atom. The van der Waals surface area contributed by atoms with Crippen molar-refractivity contribution in [2.45, 2.75) is 26.9 Å². The lowest BCUT2D eigenvalue weighted by Gasteiger charge is -2.25. The van der Waals surface area contributed by atoms with E-state index in [1.807, 2.05) is 6.07 Å². The van der Waals surface area contributed by atoms with Gasteiger partial charge >= 0.3 is 5.97 Å². The molecule has 0 amide bonds. The monoisotopic (exact) mass is 247 g/mol. The number of aromatic carboxylic acids is 1. The highest BCUT2D eigenvalue weighted by Crippen LogP contribution is 2.27. The zero-order valence-corrected chi connectivity index (χ0v) is 10.8. The Morgan fingerprint density at radius 3 is 2.72 bits per heavy atom. The first-order valence-electron chi connectivity index (χ1n) is 5.93. The average molecular weight is 247 g/mol. The van der Waals surface area contributed by atoms with Crippen molar-refractivity contribution in [1.29, 1.82) is 0 Å². The van der Waals surface area contributed by atoms with Crippen molar-refractivity contribution in [1.82, 2.24) is 0 Å². The van der Waals surface area contributed by atoms with E-state index in [1.54, 1.807) is 18.2 Å². The lowest BCUT2D eigenvalue weighted by molar-refractivity contribution is 0.0697. The Balaban J connectivity index is 2.19. The molecular formula is C14H17NO3. The molecule has 0 bridgehead atoms. The number of nitrogens with zero attached hydrogens (tertiary/aromatic N) is 1. The van der Waals surface area contributed by atoms with Gasteiger partial charge in [0.25, 0.3) is 0 Å². The number of benzene rings is 1. The van der Waals surface area contributed by atoms with E-state index in [9.17, 15) is 4.79 Å². The molecule has 0 saturated heterocycles. The van der Waals surface area contributed by atoms with E-state index in [0.29, 0.717) is 12.4 Å². The molecule has 1 atom stereocenters. The highest BCUT2D eigenvalue weighted by Gasteiger charge is 2.31. The summed E-state index contributed by atoms with van der Waals surface area (Å²) in [7, 11) is 0. The van der Waals surface area contributed by atoms with Crippen LogP contribution in [0.1, 0.15) is 36.7 Å². The summed E-state index contributed by atoms with van der Waals surface area (Å²) < 4.78 is 5.80. The van der Waals surface area contributed by atoms with Gasteiger partial charge in [0.2, 0.25) is 5.90 Å². The summed E-state index contributed by atoms with van der Waals surface area (Å²) >= 11 is 0. The normalized spacial score (nSPS) is 19.3. The molecule has 1 aliphatic rings. The van der Waals surface area contributed by atoms with Gasteiger partial charge in [-0.2, -0.15) is 0 Å². The van der Waals surface area contributed by atoms with E-state index < -0.39 is 5.97 Å². The SMILES string of the molecule is CC(C)(C)C1CN=C(c2cccc(C(=O)O)c2)O1. The Morgan fingerprint density at radius 1 is 1.44 bits per heavy atom. The topological polar surface area (TPSA) is 58.9 Å². The first-order valence-corrected chi connectivity index (χ1v) is 5.93. The molecule has 0 radical (unpaired) electrons. The van der Waals surface area contributed by atoms with Crippen molar-refractivity contribution >= 4 is 11.9 Å². The van der Waals surface area contributed by atoms with Gasteiger partial charge in [-0.3, -0.25) is 0 Å². The van der Waals surface area contributed by atoms with Gasteiger partial charge in [0, 0.05) is 11.0 Å². The molecule has 0 spiro atoms. The molecule has 4 nitrogen and oxygen atoms in total. The zero-order valence-electron chi connectivity index (χ0n) is 10.8. The number of ether oxygens (including phenoxy) is 1. The number of carboxylic acid groups (broad SMARTS) is 1. The molecule has 1 N–H and O–H groups in total. The van der Waals surface area contributed by atoms with Crippen molar-refractivity contribution in [3.05, 3.63) is 35.4 Å². The fourth-order valence-electron chi connectivity index (χ4n) is 1.77. The third kappa shape index (κ3) is 2.53. The van der Waals surface area contributed by atoms with Gasteiger partial charge in [-0.15, -0.1) is 0 Å². The maximum absolute atomic E-state index is 10.9. The molecule has 0 fully saturated rings. The number of carboxylic acids is 1. The summed E-state index contributed by atoms with van der Waals surface area (Å²) in [5, 5.41) is 8.95. The molecule has 4 heteroatoms. The first-order chi connectivity index (χ1) is 8.38. The molecule has 0 saturated carbocycles. The van der Waals surface area contributed by atoms with Crippen LogP contribution in [-0.2, 0) is 4.74 Å². The van der Waals surface area contributed by atoms with E-state index in [2.05, 4.69) is 25.8 Å². The van der Waals surface area contributed by atoms with E-state index in [1.165, 1.54) is 0 Å². The Labute approximate surface area is 106 Å². The quantitative estimate of drug-likeness (QED) is 0.873. The van der Waals surface area contributed by atoms with Crippen molar-refractivity contribution < 1.29 is 14.6 Å². The highest BCUT2D eigenvalue weighted by atomic mass is 16.5. The van der Waals surface area contributed by atoms with E-state index >= 15 is 0 Å². The van der Waals surface area contributed by atoms with Gasteiger partial charge in [0.15, 0.2) is 0 Å². The largest absolute Gasteiger partial charge is 0.478 e. The van der Waals surface area contributed by atoms with Gasteiger partial charge in [0.05, 0.1) is 12.1 Å². The van der Waals surface area contributed by atoms with Crippen molar-refractivity contribution in [3.63, 3.8) is 0 Å². The fraction of sp³-hybridized carbons (Fsp3) is 0.429. The van der Waals surface area contributed by atoms with Gasteiger partial charge in [-0.25, -0.2) is 9.79 Å². The van der Waals surface area contributed by atoms with Gasteiger partial charge in [0.1, 0.15) is 6.10 Å². The van der Waals surface area contributed by atoms with Crippen molar-refractivity contribution in [2.75, 3.05) is 6.54 Å². The van der Waals surface area contributed by atoms with E-state index in [-0.39, 0.29) is 17.1 Å². The van der Waals surface area contributed by atoms with Gasteiger partial charge in [-0.05, 0) is 18.2 Å². The molecule has 18 heavy (non-hydrogen) atoms. The van der Waals surface area contributed by atoms with Crippen LogP contribution in [0.4, 0.5) is 0 Å². The standard InChI is InChI=1S/C14H17NO3/c1-14(2,3)11-8-15-12(18-11)9-5-4-6-10(7-9)13(16)17/h4-7,11H,8H2,1-3H3,(H,16,17). The minimum Gasteiger partial charge on any atom is -0.478 e. The first kappa shape index (κ1) is 12.6. The summed E-state index contributed by atoms with van der Waals surface area (Å²) in [5.41, 5.74) is 0.995. The Kier molecular flexibility index (Phi) is 3.11. The van der Waals surface area contributed by atoms with Crippen LogP contribution >= 0.6 is 0 Å². The third-order valence-electron chi connectivity index (χ3n) is 2.98. The van der Waals surface area contributed by atoms with Crippen LogP contribution in [0.3, 0.4) is 0 Å². The smallest absolute Gasteiger partial charge is 0.335 e. The third-order valence-corrected chi connectivity index (χ3v) is 2.98. The second kappa shape index (κ2) is 4.44. The number of aliphatic imine (C=N–C) groups is 1. The van der Waals surface area contributed by atoms with Crippen molar-refractivity contribution in [3.8, 4) is 0 Å². The summed E-state index contributed by atoms with van der Waals surface area (Å²) in [6.07, 6.45) is 0.0426. The van der Waals surface area contributed by atoms with Crippen LogP contribution in [0.25, 0.3) is 0 Å². The summed E-state index contributed by atoms with van der Waals surface area (Å²) in [6.45, 7) is 6.92. The van der Waals surface area contributed by atoms with E-state index in [4.69, 9.17) is 9.84 Å². The number of hydrogen-bond acceptors (Lipinski definition) is 3. The molecule has 0 aliphatic carbocycles. The fourth-order valence-corrected chi connectivity index (χ4v) is 1.77. The average Bonchev–Trinajstić information content (AvgIpc) is 2.78. The lowest BCUT2D eigenvalue weighted by Crippen LogP contribution is -2.29. The Hall–Kier alpha value is -1.84. The highest BCUT2D eigenvalue weighted by molar-refractivity contribution is 5.98. The Bertz CT molecular complexity index is 500. The molecule has 96 valence electrons. The molecule has 0 aromatic heterocycles. The molecule has 1 aromatic carbocycles. The summed E-state index contributed by atoms with van der Waals surface area (Å²) in [4.78, 5) is 15.3. The summed E-state index contributed by atoms with van der Waals surface area (Å²) in [6, 6.07) is 6.67. The summed E-state index contributed by atoms with van der Waals surface area (Å²) in [5.74, 6) is -0.402. The van der Waals surface area contributed by atoms with Crippen molar-refractivity contribution in [2.24, 2.45) is 10.4 Å². The van der Waals surface area contributed by atoms with Crippen LogP contribution in [0.15, 0.2) is 29.3 Å². The molecule has 1 aromatic rings. The predicted octanol–water partition coefficient (Wildman–Crippen LogP) is 2.58. The number of carbonyl (C=O) groups is 1. The molecular weight excluding hydrogens is 230 g/mol. The second-order valence-corrected chi connectivity index (χ2v) is 5.50. The van der Waals surface area contributed by atoms with Gasteiger partial charge in [-0.1, -0.05) is 26.8 Å². The van der Waals surface area contributed by atoms with Gasteiger partial charge < -0.3 is 9.84 Å². The molecule has 1 aliphatic heterocycles. The minimum absolute atomic E-state index is 0.0235. The minimum atomic E-state index is -0.942. The van der Waals surface area contributed by atoms with Crippen LogP contribution < -0.4 is 0 Å². The van der Waals surface area contributed by atoms with Crippen LogP contribution in [0, 0.1) is 5.41 Å². The van der Waals surface area contributed by atoms with Crippen LogP contribution in [0.2, 0.25) is 0 Å². The molecule has 1 unspecified atom stereocenters. The van der Waals surface area contributed by atoms with Crippen LogP contribution in [-0.4, -0.2) is 29.6 Å². The zero-order chi connectivity index (χ0) is 13.3. The number of hydrogen-bond donors (Lipinski definition) is 1. The second-order valence-electron chi connectivity index (χ2n) is 5.50.